The molecule has 0 N–H and O–H groups in total. The number of fused-ring (bicyclic) bond motifs is 7. The number of unbranched alkanes of at least 4 members (excludes halogenated alkanes) is 8. The van der Waals surface area contributed by atoms with E-state index in [1.54, 1.807) is 0 Å². The Labute approximate surface area is 226 Å². The number of furan rings is 2. The SMILES string of the molecule is CCCCCCCc1cc2cc3c(ccc4c5cc6cc(CCCCCCC)oc6cc5ccc34)cc2o1. The van der Waals surface area contributed by atoms with Crippen LogP contribution >= 0.6 is 0 Å². The highest BCUT2D eigenvalue weighted by atomic mass is 16.3. The van der Waals surface area contributed by atoms with E-state index in [4.69, 9.17) is 8.83 Å². The molecule has 0 fully saturated rings. The maximum Gasteiger partial charge on any atom is 0.134 e. The van der Waals surface area contributed by atoms with Gasteiger partial charge in [-0.15, -0.1) is 0 Å². The van der Waals surface area contributed by atoms with Crippen molar-refractivity contribution in [2.45, 2.75) is 90.9 Å². The van der Waals surface area contributed by atoms with Crippen LogP contribution in [0, 0.1) is 0 Å². The molecular weight excluding hydrogens is 464 g/mol. The molecule has 0 unspecified atom stereocenters. The Morgan fingerprint density at radius 3 is 1.32 bits per heavy atom. The molecule has 196 valence electrons. The third-order valence-electron chi connectivity index (χ3n) is 8.26. The Kier molecular flexibility index (Phi) is 7.40. The van der Waals surface area contributed by atoms with Crippen LogP contribution in [-0.4, -0.2) is 0 Å². The van der Waals surface area contributed by atoms with Crippen molar-refractivity contribution in [3.63, 3.8) is 0 Å². The molecule has 0 aliphatic rings. The standard InChI is InChI=1S/C36H40O2/c1-3-5-7-9-11-13-29-19-27-21-33-25(23-35(27)37-29)15-17-32-31(33)18-16-26-24-36-28(22-34(26)32)20-30(38-36)14-12-10-8-6-4-2/h15-24H,3-14H2,1-2H3. The predicted octanol–water partition coefficient (Wildman–Crippen LogP) is 11.7. The van der Waals surface area contributed by atoms with Crippen LogP contribution in [0.5, 0.6) is 0 Å². The average molecular weight is 505 g/mol. The van der Waals surface area contributed by atoms with Crippen molar-refractivity contribution in [1.29, 1.82) is 0 Å². The van der Waals surface area contributed by atoms with Gasteiger partial charge in [0.25, 0.3) is 0 Å². The van der Waals surface area contributed by atoms with Crippen molar-refractivity contribution in [2.24, 2.45) is 0 Å². The Bertz CT molecular complexity index is 1570. The number of rotatable bonds is 12. The summed E-state index contributed by atoms with van der Waals surface area (Å²) in [6, 6.07) is 22.7. The van der Waals surface area contributed by atoms with E-state index in [1.807, 2.05) is 0 Å². The molecule has 4 aromatic carbocycles. The van der Waals surface area contributed by atoms with E-state index in [2.05, 4.69) is 74.5 Å². The Morgan fingerprint density at radius 2 is 0.868 bits per heavy atom. The fourth-order valence-electron chi connectivity index (χ4n) is 6.10. The minimum atomic E-state index is 1.00. The highest BCUT2D eigenvalue weighted by Gasteiger charge is 2.12. The predicted molar refractivity (Wildman–Crippen MR) is 163 cm³/mol. The summed E-state index contributed by atoms with van der Waals surface area (Å²) in [6.07, 6.45) is 14.9. The molecule has 2 nitrogen and oxygen atoms in total. The zero-order chi connectivity index (χ0) is 25.9. The first-order valence-corrected chi connectivity index (χ1v) is 15.0. The van der Waals surface area contributed by atoms with Gasteiger partial charge in [0, 0.05) is 23.6 Å². The fourth-order valence-corrected chi connectivity index (χ4v) is 6.10. The summed E-state index contributed by atoms with van der Waals surface area (Å²) in [5, 5.41) is 10.1. The molecule has 6 rings (SSSR count). The monoisotopic (exact) mass is 504 g/mol. The molecule has 0 aliphatic heterocycles. The molecule has 38 heavy (non-hydrogen) atoms. The van der Waals surface area contributed by atoms with Crippen molar-refractivity contribution >= 4 is 54.3 Å². The van der Waals surface area contributed by atoms with Crippen LogP contribution in [0.25, 0.3) is 54.3 Å². The first kappa shape index (κ1) is 25.0. The molecule has 2 heteroatoms. The molecule has 0 aliphatic carbocycles. The summed E-state index contributed by atoms with van der Waals surface area (Å²) in [7, 11) is 0. The molecule has 0 saturated carbocycles. The van der Waals surface area contributed by atoms with Gasteiger partial charge in [0.2, 0.25) is 0 Å². The van der Waals surface area contributed by atoms with Gasteiger partial charge >= 0.3 is 0 Å². The zero-order valence-electron chi connectivity index (χ0n) is 23.1. The third kappa shape index (κ3) is 5.06. The Morgan fingerprint density at radius 1 is 0.421 bits per heavy atom. The topological polar surface area (TPSA) is 26.3 Å². The van der Waals surface area contributed by atoms with Crippen molar-refractivity contribution in [3.05, 3.63) is 72.2 Å². The maximum atomic E-state index is 6.25. The fraction of sp³-hybridized carbons (Fsp3) is 0.389. The van der Waals surface area contributed by atoms with Gasteiger partial charge in [0.15, 0.2) is 0 Å². The zero-order valence-corrected chi connectivity index (χ0v) is 23.1. The largest absolute Gasteiger partial charge is 0.461 e. The lowest BCUT2D eigenvalue weighted by molar-refractivity contribution is 0.524. The highest BCUT2D eigenvalue weighted by molar-refractivity contribution is 6.20. The van der Waals surface area contributed by atoms with Gasteiger partial charge in [0.05, 0.1) is 0 Å². The van der Waals surface area contributed by atoms with Crippen molar-refractivity contribution in [1.82, 2.24) is 0 Å². The van der Waals surface area contributed by atoms with Crippen LogP contribution in [0.15, 0.2) is 69.5 Å². The van der Waals surface area contributed by atoms with Crippen molar-refractivity contribution in [3.8, 4) is 0 Å². The average Bonchev–Trinajstić information content (AvgIpc) is 3.52. The van der Waals surface area contributed by atoms with Crippen LogP contribution in [0.1, 0.15) is 89.6 Å². The second kappa shape index (κ2) is 11.2. The second-order valence-corrected chi connectivity index (χ2v) is 11.2. The summed E-state index contributed by atoms with van der Waals surface area (Å²) in [4.78, 5) is 0. The van der Waals surface area contributed by atoms with Crippen molar-refractivity contribution < 1.29 is 8.83 Å². The summed E-state index contributed by atoms with van der Waals surface area (Å²) < 4.78 is 12.5. The van der Waals surface area contributed by atoms with E-state index < -0.39 is 0 Å². The van der Waals surface area contributed by atoms with Crippen LogP contribution in [0.3, 0.4) is 0 Å². The minimum absolute atomic E-state index is 1.00. The Hall–Kier alpha value is -3.26. The van der Waals surface area contributed by atoms with E-state index >= 15 is 0 Å². The molecule has 2 aromatic heterocycles. The van der Waals surface area contributed by atoms with E-state index in [0.29, 0.717) is 0 Å². The molecule has 0 bridgehead atoms. The second-order valence-electron chi connectivity index (χ2n) is 11.2. The van der Waals surface area contributed by atoms with E-state index in [-0.39, 0.29) is 0 Å². The van der Waals surface area contributed by atoms with Gasteiger partial charge in [-0.2, -0.15) is 0 Å². The first-order chi connectivity index (χ1) is 18.7. The number of benzene rings is 4. The van der Waals surface area contributed by atoms with Crippen molar-refractivity contribution in [2.75, 3.05) is 0 Å². The Balaban J connectivity index is 1.31. The quantitative estimate of drug-likeness (QED) is 0.122. The van der Waals surface area contributed by atoms with Crippen LogP contribution in [0.2, 0.25) is 0 Å². The normalized spacial score (nSPS) is 12.2. The van der Waals surface area contributed by atoms with E-state index in [9.17, 15) is 0 Å². The molecular formula is C36H40O2. The van der Waals surface area contributed by atoms with Crippen LogP contribution < -0.4 is 0 Å². The minimum Gasteiger partial charge on any atom is -0.461 e. The van der Waals surface area contributed by atoms with E-state index in [0.717, 1.165) is 35.5 Å². The molecule has 0 saturated heterocycles. The summed E-state index contributed by atoms with van der Waals surface area (Å²) >= 11 is 0. The number of hydrogen-bond donors (Lipinski definition) is 0. The first-order valence-electron chi connectivity index (χ1n) is 15.0. The molecule has 0 amide bonds. The number of aryl methyl sites for hydroxylation is 2. The lowest BCUT2D eigenvalue weighted by Crippen LogP contribution is -1.82. The van der Waals surface area contributed by atoms with Crippen LogP contribution in [-0.2, 0) is 12.8 Å². The molecule has 0 spiro atoms. The smallest absolute Gasteiger partial charge is 0.134 e. The summed E-state index contributed by atoms with van der Waals surface area (Å²) in [5.74, 6) is 2.23. The van der Waals surface area contributed by atoms with E-state index in [1.165, 1.54) is 107 Å². The lowest BCUT2D eigenvalue weighted by Gasteiger charge is -2.08. The molecule has 6 aromatic rings. The highest BCUT2D eigenvalue weighted by Crippen LogP contribution is 2.36. The van der Waals surface area contributed by atoms with Gasteiger partial charge in [-0.1, -0.05) is 89.5 Å². The number of hydrogen-bond acceptors (Lipinski definition) is 2. The van der Waals surface area contributed by atoms with Gasteiger partial charge in [-0.05, 0) is 81.6 Å². The molecule has 2 heterocycles. The van der Waals surface area contributed by atoms with Gasteiger partial charge in [-0.3, -0.25) is 0 Å². The molecule has 0 radical (unpaired) electrons. The third-order valence-corrected chi connectivity index (χ3v) is 8.26. The maximum absolute atomic E-state index is 6.25. The van der Waals surface area contributed by atoms with Gasteiger partial charge in [-0.25, -0.2) is 0 Å². The lowest BCUT2D eigenvalue weighted by atomic mass is 9.95. The molecule has 0 atom stereocenters. The summed E-state index contributed by atoms with van der Waals surface area (Å²) in [6.45, 7) is 4.53. The van der Waals surface area contributed by atoms with Crippen LogP contribution in [0.4, 0.5) is 0 Å². The summed E-state index contributed by atoms with van der Waals surface area (Å²) in [5.41, 5.74) is 2.01. The van der Waals surface area contributed by atoms with Gasteiger partial charge in [0.1, 0.15) is 22.7 Å². The van der Waals surface area contributed by atoms with Gasteiger partial charge < -0.3 is 8.83 Å².